The number of rotatable bonds is 10. The first-order valence-electron chi connectivity index (χ1n) is 10.6. The molecule has 1 heterocycles. The first kappa shape index (κ1) is 23.5. The molecule has 0 unspecified atom stereocenters. The van der Waals surface area contributed by atoms with Gasteiger partial charge in [-0.1, -0.05) is 43.8 Å². The molecule has 0 spiro atoms. The molecule has 6 nitrogen and oxygen atoms in total. The molecule has 1 N–H and O–H groups in total. The van der Waals surface area contributed by atoms with E-state index in [0.29, 0.717) is 35.0 Å². The number of esters is 1. The number of nitrogens with one attached hydrogen (secondary N) is 1. The van der Waals surface area contributed by atoms with Crippen LogP contribution in [-0.4, -0.2) is 48.0 Å². The van der Waals surface area contributed by atoms with Gasteiger partial charge in [-0.3, -0.25) is 4.79 Å². The molecule has 1 aromatic heterocycles. The van der Waals surface area contributed by atoms with Crippen LogP contribution in [0.3, 0.4) is 0 Å². The molecule has 2 aromatic carbocycles. The van der Waals surface area contributed by atoms with Crippen molar-refractivity contribution in [2.45, 2.75) is 23.8 Å². The summed E-state index contributed by atoms with van der Waals surface area (Å²) in [6, 6.07) is 20.0. The fourth-order valence-corrected chi connectivity index (χ4v) is 3.92. The van der Waals surface area contributed by atoms with Crippen LogP contribution in [0.4, 0.5) is 5.69 Å². The van der Waals surface area contributed by atoms with Gasteiger partial charge < -0.3 is 15.0 Å². The lowest BCUT2D eigenvalue weighted by Crippen LogP contribution is -2.27. The van der Waals surface area contributed by atoms with Gasteiger partial charge in [-0.15, -0.1) is 0 Å². The van der Waals surface area contributed by atoms with Crippen LogP contribution in [0, 0.1) is 0 Å². The third kappa shape index (κ3) is 6.67. The highest BCUT2D eigenvalue weighted by Gasteiger charge is 2.14. The lowest BCUT2D eigenvalue weighted by atomic mass is 10.2. The highest BCUT2D eigenvalue weighted by Crippen LogP contribution is 2.28. The van der Waals surface area contributed by atoms with Gasteiger partial charge in [-0.2, -0.15) is 0 Å². The number of amides is 1. The summed E-state index contributed by atoms with van der Waals surface area (Å²) >= 11 is 1.44. The van der Waals surface area contributed by atoms with Gasteiger partial charge in [0, 0.05) is 23.3 Å². The summed E-state index contributed by atoms with van der Waals surface area (Å²) in [6.07, 6.45) is 1.67. The minimum Gasteiger partial charge on any atom is -0.461 e. The fraction of sp³-hybridized carbons (Fsp3) is 0.240. The second kappa shape index (κ2) is 12.0. The van der Waals surface area contributed by atoms with E-state index in [4.69, 9.17) is 4.74 Å². The van der Waals surface area contributed by atoms with Crippen LogP contribution in [0.1, 0.15) is 34.6 Å². The van der Waals surface area contributed by atoms with Crippen LogP contribution < -0.4 is 5.32 Å². The summed E-state index contributed by atoms with van der Waals surface area (Å²) in [5.41, 5.74) is 1.53. The van der Waals surface area contributed by atoms with Gasteiger partial charge in [0.15, 0.2) is 0 Å². The fourth-order valence-electron chi connectivity index (χ4n) is 3.02. The lowest BCUT2D eigenvalue weighted by Gasteiger charge is -2.17. The van der Waals surface area contributed by atoms with Crippen LogP contribution >= 0.6 is 11.8 Å². The number of benzene rings is 2. The first-order valence-corrected chi connectivity index (χ1v) is 11.4. The number of anilines is 1. The molecule has 3 rings (SSSR count). The topological polar surface area (TPSA) is 71.5 Å². The molecule has 3 aromatic rings. The van der Waals surface area contributed by atoms with Gasteiger partial charge in [0.05, 0.1) is 11.1 Å². The van der Waals surface area contributed by atoms with Crippen molar-refractivity contribution in [1.82, 2.24) is 9.88 Å². The summed E-state index contributed by atoms with van der Waals surface area (Å²) in [5, 5.41) is 3.50. The second-order valence-electron chi connectivity index (χ2n) is 6.97. The van der Waals surface area contributed by atoms with E-state index in [1.807, 2.05) is 30.3 Å². The van der Waals surface area contributed by atoms with E-state index in [2.05, 4.69) is 29.0 Å². The highest BCUT2D eigenvalue weighted by molar-refractivity contribution is 7.99. The summed E-state index contributed by atoms with van der Waals surface area (Å²) in [4.78, 5) is 32.6. The Hall–Kier alpha value is -3.16. The van der Waals surface area contributed by atoms with Crippen LogP contribution in [0.5, 0.6) is 0 Å². The van der Waals surface area contributed by atoms with Crippen molar-refractivity contribution in [2.24, 2.45) is 0 Å². The van der Waals surface area contributed by atoms with E-state index in [9.17, 15) is 9.59 Å². The summed E-state index contributed by atoms with van der Waals surface area (Å²) in [5.74, 6) is -0.630. The molecule has 0 saturated heterocycles. The van der Waals surface area contributed by atoms with Gasteiger partial charge in [-0.25, -0.2) is 9.78 Å². The molecule has 0 atom stereocenters. The summed E-state index contributed by atoms with van der Waals surface area (Å²) in [6.45, 7) is 7.05. The van der Waals surface area contributed by atoms with E-state index in [1.165, 1.54) is 11.8 Å². The number of hydrogen-bond acceptors (Lipinski definition) is 6. The molecular formula is C25H27N3O3S. The molecule has 0 radical (unpaired) electrons. The third-order valence-electron chi connectivity index (χ3n) is 4.89. The maximum Gasteiger partial charge on any atom is 0.338 e. The number of hydrogen-bond donors (Lipinski definition) is 1. The number of ether oxygens (including phenoxy) is 1. The van der Waals surface area contributed by atoms with Gasteiger partial charge >= 0.3 is 5.97 Å². The number of carbonyl (C=O) groups excluding carboxylic acids is 2. The third-order valence-corrected chi connectivity index (χ3v) is 5.91. The van der Waals surface area contributed by atoms with Crippen molar-refractivity contribution in [1.29, 1.82) is 0 Å². The number of likely N-dealkylation sites (N-methyl/N-ethyl adjacent to an activating group) is 1. The molecule has 0 saturated carbocycles. The average Bonchev–Trinajstić information content (AvgIpc) is 2.83. The first-order chi connectivity index (χ1) is 15.6. The van der Waals surface area contributed by atoms with Crippen LogP contribution in [0.2, 0.25) is 0 Å². The summed E-state index contributed by atoms with van der Waals surface area (Å²) < 4.78 is 5.35. The Bertz CT molecular complexity index is 1020. The minimum atomic E-state index is -0.371. The number of pyridine rings is 1. The number of nitrogens with zero attached hydrogens (tertiary/aromatic N) is 2. The number of aromatic nitrogens is 1. The largest absolute Gasteiger partial charge is 0.461 e. The maximum atomic E-state index is 12.8. The second-order valence-corrected chi connectivity index (χ2v) is 8.03. The Morgan fingerprint density at radius 1 is 0.969 bits per heavy atom. The predicted octanol–water partition coefficient (Wildman–Crippen LogP) is 4.98. The van der Waals surface area contributed by atoms with Crippen molar-refractivity contribution >= 4 is 29.3 Å². The van der Waals surface area contributed by atoms with Gasteiger partial charge in [0.2, 0.25) is 0 Å². The maximum absolute atomic E-state index is 12.8. The van der Waals surface area contributed by atoms with Crippen molar-refractivity contribution < 1.29 is 14.3 Å². The lowest BCUT2D eigenvalue weighted by molar-refractivity contribution is 0.0466. The zero-order chi connectivity index (χ0) is 22.8. The number of carbonyl (C=O) groups is 2. The highest BCUT2D eigenvalue weighted by atomic mass is 32.2. The van der Waals surface area contributed by atoms with Crippen molar-refractivity contribution in [3.63, 3.8) is 0 Å². The Kier molecular flexibility index (Phi) is 8.83. The van der Waals surface area contributed by atoms with Crippen molar-refractivity contribution in [3.8, 4) is 0 Å². The monoisotopic (exact) mass is 449 g/mol. The Labute approximate surface area is 193 Å². The Morgan fingerprint density at radius 3 is 2.38 bits per heavy atom. The molecule has 0 aliphatic heterocycles. The molecule has 0 fully saturated rings. The molecule has 0 aliphatic carbocycles. The molecular weight excluding hydrogens is 422 g/mol. The zero-order valence-corrected chi connectivity index (χ0v) is 19.1. The van der Waals surface area contributed by atoms with Crippen molar-refractivity contribution in [2.75, 3.05) is 31.6 Å². The standard InChI is InChI=1S/C25H27N3O3S/c1-3-28(4-2)17-18-31-25(30)19-12-14-20(15-13-19)27-23(29)22-11-8-16-26-24(22)32-21-9-6-5-7-10-21/h5-16H,3-4,17-18H2,1-2H3,(H,27,29). The van der Waals surface area contributed by atoms with Gasteiger partial charge in [-0.05, 0) is 61.6 Å². The van der Waals surface area contributed by atoms with Gasteiger partial charge in [0.1, 0.15) is 11.6 Å². The quantitative estimate of drug-likeness (QED) is 0.440. The minimum absolute atomic E-state index is 0.258. The van der Waals surface area contributed by atoms with E-state index < -0.39 is 0 Å². The predicted molar refractivity (Wildman–Crippen MR) is 127 cm³/mol. The molecule has 166 valence electrons. The van der Waals surface area contributed by atoms with E-state index >= 15 is 0 Å². The van der Waals surface area contributed by atoms with Gasteiger partial charge in [0.25, 0.3) is 5.91 Å². The normalized spacial score (nSPS) is 10.7. The van der Waals surface area contributed by atoms with Crippen LogP contribution in [-0.2, 0) is 4.74 Å². The molecule has 1 amide bonds. The van der Waals surface area contributed by atoms with E-state index in [-0.39, 0.29) is 11.9 Å². The van der Waals surface area contributed by atoms with Crippen LogP contribution in [0.15, 0.2) is 82.8 Å². The zero-order valence-electron chi connectivity index (χ0n) is 18.3. The molecule has 0 bridgehead atoms. The molecule has 0 aliphatic rings. The summed E-state index contributed by atoms with van der Waals surface area (Å²) in [7, 11) is 0. The smallest absolute Gasteiger partial charge is 0.338 e. The average molecular weight is 450 g/mol. The Balaban J connectivity index is 1.60. The SMILES string of the molecule is CCN(CC)CCOC(=O)c1ccc(NC(=O)c2cccnc2Sc2ccccc2)cc1. The van der Waals surface area contributed by atoms with E-state index in [1.54, 1.807) is 42.6 Å². The van der Waals surface area contributed by atoms with Crippen LogP contribution in [0.25, 0.3) is 0 Å². The molecule has 32 heavy (non-hydrogen) atoms. The van der Waals surface area contributed by atoms with E-state index in [0.717, 1.165) is 18.0 Å². The molecule has 7 heteroatoms. The Morgan fingerprint density at radius 2 is 1.69 bits per heavy atom. The van der Waals surface area contributed by atoms with Crippen molar-refractivity contribution in [3.05, 3.63) is 84.1 Å².